The number of benzene rings is 1. The molecular formula is C14H16N2O3S. The highest BCUT2D eigenvalue weighted by molar-refractivity contribution is 7.99. The Morgan fingerprint density at radius 1 is 1.40 bits per heavy atom. The minimum absolute atomic E-state index is 0.00323. The normalized spacial score (nSPS) is 10.4. The number of H-pyrrole nitrogens is 1. The van der Waals surface area contributed by atoms with Crippen LogP contribution in [0, 0.1) is 0 Å². The molecule has 2 N–H and O–H groups in total. The van der Waals surface area contributed by atoms with Gasteiger partial charge in [0.15, 0.2) is 5.16 Å². The van der Waals surface area contributed by atoms with Crippen molar-refractivity contribution in [3.05, 3.63) is 30.5 Å². The molecule has 0 atom stereocenters. The van der Waals surface area contributed by atoms with Crippen LogP contribution in [0.4, 0.5) is 0 Å². The molecule has 0 saturated carbocycles. The third kappa shape index (κ3) is 4.03. The van der Waals surface area contributed by atoms with Crippen LogP contribution in [-0.4, -0.2) is 33.4 Å². The summed E-state index contributed by atoms with van der Waals surface area (Å²) in [5.41, 5.74) is 1.85. The fourth-order valence-corrected chi connectivity index (χ4v) is 2.17. The maximum absolute atomic E-state index is 10.5. The summed E-state index contributed by atoms with van der Waals surface area (Å²) >= 11 is 1.17. The largest absolute Gasteiger partial charge is 0.494 e. The molecule has 0 aliphatic carbocycles. The van der Waals surface area contributed by atoms with Crippen LogP contribution in [0.5, 0.6) is 5.75 Å². The van der Waals surface area contributed by atoms with E-state index >= 15 is 0 Å². The number of aromatic nitrogens is 2. The number of rotatable bonds is 7. The van der Waals surface area contributed by atoms with Gasteiger partial charge in [0.2, 0.25) is 0 Å². The fourth-order valence-electron chi connectivity index (χ4n) is 1.60. The van der Waals surface area contributed by atoms with Crippen LogP contribution in [0.3, 0.4) is 0 Å². The van der Waals surface area contributed by atoms with Gasteiger partial charge < -0.3 is 14.8 Å². The third-order valence-electron chi connectivity index (χ3n) is 2.52. The van der Waals surface area contributed by atoms with Crippen molar-refractivity contribution in [2.75, 3.05) is 12.4 Å². The maximum atomic E-state index is 10.5. The Bertz CT molecular complexity index is 566. The molecule has 5 nitrogen and oxygen atoms in total. The molecule has 0 aliphatic heterocycles. The van der Waals surface area contributed by atoms with Crippen molar-refractivity contribution in [2.45, 2.75) is 18.5 Å². The summed E-state index contributed by atoms with van der Waals surface area (Å²) in [5, 5.41) is 9.23. The van der Waals surface area contributed by atoms with Gasteiger partial charge >= 0.3 is 5.97 Å². The summed E-state index contributed by atoms with van der Waals surface area (Å²) in [7, 11) is 0. The zero-order valence-electron chi connectivity index (χ0n) is 11.1. The third-order valence-corrected chi connectivity index (χ3v) is 3.40. The first-order valence-corrected chi connectivity index (χ1v) is 7.30. The summed E-state index contributed by atoms with van der Waals surface area (Å²) in [6.07, 6.45) is 2.68. The van der Waals surface area contributed by atoms with Gasteiger partial charge in [0.1, 0.15) is 5.75 Å². The highest BCUT2D eigenvalue weighted by Crippen LogP contribution is 2.23. The topological polar surface area (TPSA) is 75.2 Å². The Morgan fingerprint density at radius 2 is 2.15 bits per heavy atom. The number of ether oxygens (including phenoxy) is 1. The molecule has 6 heteroatoms. The first kappa shape index (κ1) is 14.5. The second-order valence-electron chi connectivity index (χ2n) is 4.16. The average molecular weight is 292 g/mol. The second kappa shape index (κ2) is 7.00. The van der Waals surface area contributed by atoms with E-state index in [0.717, 1.165) is 23.4 Å². The Kier molecular flexibility index (Phi) is 5.06. The Hall–Kier alpha value is -1.95. The van der Waals surface area contributed by atoms with Gasteiger partial charge in [0, 0.05) is 0 Å². The number of aliphatic carboxylic acids is 1. The monoisotopic (exact) mass is 292 g/mol. The van der Waals surface area contributed by atoms with Crippen LogP contribution < -0.4 is 4.74 Å². The van der Waals surface area contributed by atoms with Crippen molar-refractivity contribution in [3.63, 3.8) is 0 Å². The summed E-state index contributed by atoms with van der Waals surface area (Å²) in [5.74, 6) is -0.0162. The number of nitrogens with zero attached hydrogens (tertiary/aromatic N) is 1. The van der Waals surface area contributed by atoms with Crippen LogP contribution in [0.2, 0.25) is 0 Å². The molecule has 0 saturated heterocycles. The molecule has 0 bridgehead atoms. The fraction of sp³-hybridized carbons (Fsp3) is 0.286. The van der Waals surface area contributed by atoms with E-state index in [1.807, 2.05) is 24.3 Å². The van der Waals surface area contributed by atoms with Gasteiger partial charge in [-0.2, -0.15) is 0 Å². The molecule has 1 heterocycles. The van der Waals surface area contributed by atoms with Crippen molar-refractivity contribution in [1.29, 1.82) is 0 Å². The van der Waals surface area contributed by atoms with Crippen LogP contribution in [0.15, 0.2) is 35.6 Å². The van der Waals surface area contributed by atoms with E-state index in [-0.39, 0.29) is 5.75 Å². The standard InChI is InChI=1S/C14H16N2O3S/c1-2-7-19-11-5-3-10(4-6-11)12-8-15-14(16-12)20-9-13(17)18/h3-6,8H,2,7,9H2,1H3,(H,15,16)(H,17,18). The second-order valence-corrected chi connectivity index (χ2v) is 5.12. The number of carbonyl (C=O) groups is 1. The van der Waals surface area contributed by atoms with Crippen molar-refractivity contribution in [2.24, 2.45) is 0 Å². The SMILES string of the molecule is CCCOc1ccc(-c2cnc(SCC(=O)O)[nH]2)cc1. The van der Waals surface area contributed by atoms with E-state index in [1.54, 1.807) is 6.20 Å². The Morgan fingerprint density at radius 3 is 2.80 bits per heavy atom. The van der Waals surface area contributed by atoms with Crippen molar-refractivity contribution in [1.82, 2.24) is 9.97 Å². The molecule has 106 valence electrons. The summed E-state index contributed by atoms with van der Waals surface area (Å²) < 4.78 is 5.52. The molecule has 20 heavy (non-hydrogen) atoms. The van der Waals surface area contributed by atoms with E-state index in [4.69, 9.17) is 9.84 Å². The maximum Gasteiger partial charge on any atom is 0.313 e. The molecule has 0 spiro atoms. The van der Waals surface area contributed by atoms with Gasteiger partial charge in [-0.05, 0) is 36.2 Å². The number of hydrogen-bond donors (Lipinski definition) is 2. The number of aromatic amines is 1. The highest BCUT2D eigenvalue weighted by Gasteiger charge is 2.06. The predicted octanol–water partition coefficient (Wildman–Crippen LogP) is 3.04. The van der Waals surface area contributed by atoms with Gasteiger partial charge in [-0.1, -0.05) is 18.7 Å². The van der Waals surface area contributed by atoms with E-state index in [0.29, 0.717) is 11.8 Å². The van der Waals surface area contributed by atoms with Crippen molar-refractivity contribution in [3.8, 4) is 17.0 Å². The minimum atomic E-state index is -0.856. The smallest absolute Gasteiger partial charge is 0.313 e. The molecular weight excluding hydrogens is 276 g/mol. The zero-order chi connectivity index (χ0) is 14.4. The van der Waals surface area contributed by atoms with Crippen LogP contribution >= 0.6 is 11.8 Å². The van der Waals surface area contributed by atoms with Gasteiger partial charge in [-0.15, -0.1) is 0 Å². The van der Waals surface area contributed by atoms with E-state index in [1.165, 1.54) is 11.8 Å². The van der Waals surface area contributed by atoms with Gasteiger partial charge in [0.25, 0.3) is 0 Å². The number of carboxylic acids is 1. The predicted molar refractivity (Wildman–Crippen MR) is 78.2 cm³/mol. The lowest BCUT2D eigenvalue weighted by molar-refractivity contribution is -0.133. The number of nitrogens with one attached hydrogen (secondary N) is 1. The quantitative estimate of drug-likeness (QED) is 0.767. The summed E-state index contributed by atoms with van der Waals surface area (Å²) in [6, 6.07) is 7.72. The lowest BCUT2D eigenvalue weighted by Crippen LogP contribution is -1.97. The van der Waals surface area contributed by atoms with E-state index in [2.05, 4.69) is 16.9 Å². The first-order chi connectivity index (χ1) is 9.69. The molecule has 2 rings (SSSR count). The molecule has 1 aromatic carbocycles. The minimum Gasteiger partial charge on any atom is -0.494 e. The highest BCUT2D eigenvalue weighted by atomic mass is 32.2. The summed E-state index contributed by atoms with van der Waals surface area (Å²) in [6.45, 7) is 2.77. The average Bonchev–Trinajstić information content (AvgIpc) is 2.92. The number of hydrogen-bond acceptors (Lipinski definition) is 4. The lowest BCUT2D eigenvalue weighted by atomic mass is 10.2. The molecule has 1 aromatic heterocycles. The lowest BCUT2D eigenvalue weighted by Gasteiger charge is -2.04. The Labute approximate surface area is 121 Å². The molecule has 0 radical (unpaired) electrons. The molecule has 0 fully saturated rings. The molecule has 0 unspecified atom stereocenters. The number of carboxylic acid groups (broad SMARTS) is 1. The molecule has 0 aliphatic rings. The summed E-state index contributed by atoms with van der Waals surface area (Å²) in [4.78, 5) is 17.7. The number of thioether (sulfide) groups is 1. The van der Waals surface area contributed by atoms with Gasteiger partial charge in [-0.25, -0.2) is 4.98 Å². The first-order valence-electron chi connectivity index (χ1n) is 6.32. The van der Waals surface area contributed by atoms with Crippen LogP contribution in [-0.2, 0) is 4.79 Å². The van der Waals surface area contributed by atoms with Crippen LogP contribution in [0.1, 0.15) is 13.3 Å². The van der Waals surface area contributed by atoms with Crippen molar-refractivity contribution < 1.29 is 14.6 Å². The van der Waals surface area contributed by atoms with Gasteiger partial charge in [0.05, 0.1) is 24.3 Å². The van der Waals surface area contributed by atoms with Crippen molar-refractivity contribution >= 4 is 17.7 Å². The van der Waals surface area contributed by atoms with E-state index < -0.39 is 5.97 Å². The Balaban J connectivity index is 2.02. The van der Waals surface area contributed by atoms with Gasteiger partial charge in [-0.3, -0.25) is 4.79 Å². The van der Waals surface area contributed by atoms with E-state index in [9.17, 15) is 4.79 Å². The zero-order valence-corrected chi connectivity index (χ0v) is 11.9. The number of imidazole rings is 1. The molecule has 2 aromatic rings. The van der Waals surface area contributed by atoms with Crippen LogP contribution in [0.25, 0.3) is 11.3 Å². The molecule has 0 amide bonds.